The molecule has 6 nitrogen and oxygen atoms in total. The topological polar surface area (TPSA) is 72.2 Å². The van der Waals surface area contributed by atoms with E-state index in [1.54, 1.807) is 24.3 Å². The van der Waals surface area contributed by atoms with Crippen LogP contribution in [0.3, 0.4) is 0 Å². The van der Waals surface area contributed by atoms with Crippen LogP contribution in [-0.4, -0.2) is 32.6 Å². The van der Waals surface area contributed by atoms with Crippen molar-refractivity contribution in [2.75, 3.05) is 5.75 Å². The lowest BCUT2D eigenvalue weighted by Gasteiger charge is -2.10. The van der Waals surface area contributed by atoms with Crippen LogP contribution >= 0.6 is 23.4 Å². The first-order chi connectivity index (χ1) is 16.0. The largest absolute Gasteiger partial charge is 0.272 e. The summed E-state index contributed by atoms with van der Waals surface area (Å²) in [5.74, 6) is 0.0337. The number of amides is 1. The molecule has 0 aliphatic rings. The van der Waals surface area contributed by atoms with Crippen molar-refractivity contribution in [3.63, 3.8) is 0 Å². The number of thioether (sulfide) groups is 1. The molecular weight excluding hydrogens is 461 g/mol. The molecule has 0 aliphatic carbocycles. The van der Waals surface area contributed by atoms with Gasteiger partial charge in [-0.1, -0.05) is 65.3 Å². The second-order valence-corrected chi connectivity index (χ2v) is 8.50. The molecule has 1 heterocycles. The van der Waals surface area contributed by atoms with E-state index >= 15 is 0 Å². The van der Waals surface area contributed by atoms with Crippen LogP contribution < -0.4 is 5.43 Å². The number of benzene rings is 3. The lowest BCUT2D eigenvalue weighted by atomic mass is 10.1. The van der Waals surface area contributed by atoms with Crippen molar-refractivity contribution in [1.82, 2.24) is 20.2 Å². The Morgan fingerprint density at radius 1 is 1.12 bits per heavy atom. The molecule has 0 atom stereocenters. The molecule has 3 aromatic carbocycles. The van der Waals surface area contributed by atoms with Crippen LogP contribution in [0.4, 0.5) is 4.39 Å². The number of nitrogens with zero attached hydrogens (tertiary/aromatic N) is 4. The Bertz CT molecular complexity index is 1290. The van der Waals surface area contributed by atoms with E-state index in [1.807, 2.05) is 47.9 Å². The Morgan fingerprint density at radius 3 is 2.61 bits per heavy atom. The van der Waals surface area contributed by atoms with Gasteiger partial charge in [0.15, 0.2) is 11.0 Å². The molecule has 1 aromatic heterocycles. The van der Waals surface area contributed by atoms with E-state index in [9.17, 15) is 9.18 Å². The standard InChI is InChI=1S/C24H19ClFN5OS/c1-16-5-7-18(8-6-16)23-29-30-24(31(23)21-11-9-19(25)10-12-21)33-15-22(32)28-27-14-17-3-2-4-20(26)13-17/h2-14H,15H2,1H3,(H,28,32). The zero-order valence-electron chi connectivity index (χ0n) is 17.6. The van der Waals surface area contributed by atoms with Crippen LogP contribution in [0, 0.1) is 12.7 Å². The van der Waals surface area contributed by atoms with Crippen molar-refractivity contribution in [3.8, 4) is 17.1 Å². The number of carbonyl (C=O) groups excluding carboxylic acids is 1. The predicted octanol–water partition coefficient (Wildman–Crippen LogP) is 5.28. The van der Waals surface area contributed by atoms with Gasteiger partial charge in [-0.3, -0.25) is 9.36 Å². The Labute approximate surface area is 199 Å². The molecule has 0 bridgehead atoms. The molecule has 0 saturated heterocycles. The van der Waals surface area contributed by atoms with Crippen molar-refractivity contribution in [2.24, 2.45) is 5.10 Å². The molecule has 1 amide bonds. The predicted molar refractivity (Wildman–Crippen MR) is 129 cm³/mol. The highest BCUT2D eigenvalue weighted by atomic mass is 35.5. The van der Waals surface area contributed by atoms with Crippen LogP contribution in [0.5, 0.6) is 0 Å². The van der Waals surface area contributed by atoms with Gasteiger partial charge in [0.2, 0.25) is 0 Å². The van der Waals surface area contributed by atoms with Crippen molar-refractivity contribution < 1.29 is 9.18 Å². The minimum absolute atomic E-state index is 0.0696. The molecule has 0 radical (unpaired) electrons. The summed E-state index contributed by atoms with van der Waals surface area (Å²) in [5.41, 5.74) is 5.86. The lowest BCUT2D eigenvalue weighted by molar-refractivity contribution is -0.118. The molecule has 4 rings (SSSR count). The second kappa shape index (κ2) is 10.4. The molecule has 33 heavy (non-hydrogen) atoms. The molecule has 0 saturated carbocycles. The second-order valence-electron chi connectivity index (χ2n) is 7.12. The SMILES string of the molecule is Cc1ccc(-c2nnc(SCC(=O)NN=Cc3cccc(F)c3)n2-c2ccc(Cl)cc2)cc1. The summed E-state index contributed by atoms with van der Waals surface area (Å²) in [6.07, 6.45) is 1.39. The zero-order valence-corrected chi connectivity index (χ0v) is 19.1. The van der Waals surface area contributed by atoms with Crippen LogP contribution in [0.1, 0.15) is 11.1 Å². The van der Waals surface area contributed by atoms with Crippen LogP contribution in [-0.2, 0) is 4.79 Å². The van der Waals surface area contributed by atoms with Crippen LogP contribution in [0.25, 0.3) is 17.1 Å². The van der Waals surface area contributed by atoms with E-state index in [0.717, 1.165) is 16.8 Å². The first kappa shape index (κ1) is 22.7. The number of aryl methyl sites for hydroxylation is 1. The van der Waals surface area contributed by atoms with Gasteiger partial charge in [-0.05, 0) is 48.9 Å². The average Bonchev–Trinajstić information content (AvgIpc) is 3.23. The molecule has 0 spiro atoms. The number of hydrazone groups is 1. The molecule has 0 unspecified atom stereocenters. The Kier molecular flexibility index (Phi) is 7.16. The van der Waals surface area contributed by atoms with E-state index in [-0.39, 0.29) is 17.5 Å². The highest BCUT2D eigenvalue weighted by Gasteiger charge is 2.17. The third kappa shape index (κ3) is 5.85. The van der Waals surface area contributed by atoms with Gasteiger partial charge >= 0.3 is 0 Å². The average molecular weight is 480 g/mol. The van der Waals surface area contributed by atoms with Crippen LogP contribution in [0.15, 0.2) is 83.1 Å². The zero-order chi connectivity index (χ0) is 23.2. The Morgan fingerprint density at radius 2 is 1.88 bits per heavy atom. The molecular formula is C24H19ClFN5OS. The fourth-order valence-corrected chi connectivity index (χ4v) is 3.87. The fourth-order valence-electron chi connectivity index (χ4n) is 3.00. The van der Waals surface area contributed by atoms with E-state index < -0.39 is 0 Å². The summed E-state index contributed by atoms with van der Waals surface area (Å²) in [7, 11) is 0. The molecule has 0 fully saturated rings. The van der Waals surface area contributed by atoms with Crippen molar-refractivity contribution in [2.45, 2.75) is 12.1 Å². The quantitative estimate of drug-likeness (QED) is 0.222. The van der Waals surface area contributed by atoms with Gasteiger partial charge in [-0.15, -0.1) is 10.2 Å². The number of nitrogens with one attached hydrogen (secondary N) is 1. The van der Waals surface area contributed by atoms with Crippen molar-refractivity contribution in [3.05, 3.63) is 94.8 Å². The number of carbonyl (C=O) groups is 1. The number of rotatable bonds is 7. The molecule has 0 aliphatic heterocycles. The van der Waals surface area contributed by atoms with Gasteiger partial charge in [-0.2, -0.15) is 5.10 Å². The Balaban J connectivity index is 1.51. The van der Waals surface area contributed by atoms with Gasteiger partial charge in [0.1, 0.15) is 5.82 Å². The highest BCUT2D eigenvalue weighted by Crippen LogP contribution is 2.28. The molecule has 166 valence electrons. The maximum absolute atomic E-state index is 13.2. The summed E-state index contributed by atoms with van der Waals surface area (Å²) in [4.78, 5) is 12.3. The van der Waals surface area contributed by atoms with Crippen molar-refractivity contribution in [1.29, 1.82) is 0 Å². The fraction of sp³-hybridized carbons (Fsp3) is 0.0833. The summed E-state index contributed by atoms with van der Waals surface area (Å²) in [5, 5.41) is 13.7. The maximum Gasteiger partial charge on any atom is 0.250 e. The van der Waals surface area contributed by atoms with Gasteiger partial charge in [0, 0.05) is 16.3 Å². The van der Waals surface area contributed by atoms with Gasteiger partial charge in [0.25, 0.3) is 5.91 Å². The summed E-state index contributed by atoms with van der Waals surface area (Å²) in [6, 6.07) is 21.2. The van der Waals surface area contributed by atoms with Crippen molar-refractivity contribution >= 4 is 35.5 Å². The number of halogens is 2. The van der Waals surface area contributed by atoms with E-state index in [1.165, 1.54) is 30.1 Å². The first-order valence-electron chi connectivity index (χ1n) is 9.98. The van der Waals surface area contributed by atoms with Gasteiger partial charge in [-0.25, -0.2) is 9.82 Å². The number of hydrogen-bond donors (Lipinski definition) is 1. The monoisotopic (exact) mass is 479 g/mol. The smallest absolute Gasteiger partial charge is 0.250 e. The minimum Gasteiger partial charge on any atom is -0.272 e. The minimum atomic E-state index is -0.369. The van der Waals surface area contributed by atoms with E-state index in [4.69, 9.17) is 11.6 Å². The third-order valence-corrected chi connectivity index (χ3v) is 5.79. The molecule has 1 N–H and O–H groups in total. The summed E-state index contributed by atoms with van der Waals surface area (Å²) < 4.78 is 15.1. The highest BCUT2D eigenvalue weighted by molar-refractivity contribution is 7.99. The third-order valence-electron chi connectivity index (χ3n) is 4.61. The van der Waals surface area contributed by atoms with Gasteiger partial charge in [0.05, 0.1) is 12.0 Å². The Hall–Kier alpha value is -3.49. The van der Waals surface area contributed by atoms with Crippen LogP contribution in [0.2, 0.25) is 5.02 Å². The summed E-state index contributed by atoms with van der Waals surface area (Å²) >= 11 is 7.29. The van der Waals surface area contributed by atoms with Gasteiger partial charge < -0.3 is 0 Å². The van der Waals surface area contributed by atoms with E-state index in [2.05, 4.69) is 20.7 Å². The van der Waals surface area contributed by atoms with E-state index in [0.29, 0.717) is 21.6 Å². The normalized spacial score (nSPS) is 11.1. The number of hydrogen-bond acceptors (Lipinski definition) is 5. The summed E-state index contributed by atoms with van der Waals surface area (Å²) in [6.45, 7) is 2.02. The molecule has 4 aromatic rings. The lowest BCUT2D eigenvalue weighted by Crippen LogP contribution is -2.20. The maximum atomic E-state index is 13.2. The number of aromatic nitrogens is 3. The first-order valence-corrected chi connectivity index (χ1v) is 11.3. The molecule has 9 heteroatoms.